The van der Waals surface area contributed by atoms with Crippen molar-refractivity contribution in [1.29, 1.82) is 0 Å². The van der Waals surface area contributed by atoms with Crippen LogP contribution >= 0.6 is 0 Å². The van der Waals surface area contributed by atoms with Crippen molar-refractivity contribution in [3.8, 4) is 11.5 Å². The predicted molar refractivity (Wildman–Crippen MR) is 117 cm³/mol. The molecule has 0 bridgehead atoms. The van der Waals surface area contributed by atoms with Crippen LogP contribution in [0.1, 0.15) is 34.8 Å². The number of nitrogens with zero attached hydrogens (tertiary/aromatic N) is 3. The number of carbonyl (C=O) groups is 1. The van der Waals surface area contributed by atoms with Crippen LogP contribution in [0.25, 0.3) is 11.0 Å². The molecule has 4 aromatic rings. The Bertz CT molecular complexity index is 1150. The molecule has 0 amide bonds. The zero-order valence-electron chi connectivity index (χ0n) is 17.7. The zero-order chi connectivity index (χ0) is 21.6. The second-order valence-electron chi connectivity index (χ2n) is 7.32. The number of benzene rings is 2. The molecule has 2 aromatic heterocycles. The molecule has 7 nitrogen and oxygen atoms in total. The molecule has 7 heteroatoms. The fraction of sp³-hybridized carbons (Fsp3) is 0.292. The second-order valence-corrected chi connectivity index (χ2v) is 7.32. The Morgan fingerprint density at radius 3 is 2.65 bits per heavy atom. The topological polar surface area (TPSA) is 79.4 Å². The highest BCUT2D eigenvalue weighted by Crippen LogP contribution is 2.43. The van der Waals surface area contributed by atoms with Crippen LogP contribution in [0.5, 0.6) is 11.5 Å². The first-order valence-corrected chi connectivity index (χ1v) is 10.3. The third-order valence-corrected chi connectivity index (χ3v) is 5.17. The van der Waals surface area contributed by atoms with Gasteiger partial charge in [0.1, 0.15) is 19.3 Å². The average Bonchev–Trinajstić information content (AvgIpc) is 3.46. The van der Waals surface area contributed by atoms with Crippen LogP contribution in [0.15, 0.2) is 59.7 Å². The summed E-state index contributed by atoms with van der Waals surface area (Å²) in [4.78, 5) is 16.5. The van der Waals surface area contributed by atoms with Crippen LogP contribution < -0.4 is 9.47 Å². The van der Waals surface area contributed by atoms with Crippen LogP contribution in [-0.4, -0.2) is 33.8 Å². The van der Waals surface area contributed by atoms with Gasteiger partial charge in [0.15, 0.2) is 17.1 Å². The highest BCUT2D eigenvalue weighted by atomic mass is 16.5. The van der Waals surface area contributed by atoms with Crippen molar-refractivity contribution in [2.24, 2.45) is 0 Å². The van der Waals surface area contributed by atoms with Gasteiger partial charge in [0, 0.05) is 5.39 Å². The Morgan fingerprint density at radius 1 is 1.10 bits per heavy atom. The smallest absolute Gasteiger partial charge is 0.205 e. The standard InChI is InChI=1S/C24H25N3O4/c1-17-20-10-13-30-22(20)24(29-12-6-9-19-7-4-3-5-8-19)23(21(17)18(2)28)31-14-11-27-16-25-15-26-27/h3-5,7-8,10,13,15-16H,6,9,11-12,14H2,1-2H3. The van der Waals surface area contributed by atoms with Gasteiger partial charge in [0.25, 0.3) is 0 Å². The lowest BCUT2D eigenvalue weighted by molar-refractivity contribution is 0.101. The first-order chi connectivity index (χ1) is 15.1. The molecule has 0 saturated carbocycles. The minimum Gasteiger partial charge on any atom is -0.487 e. The van der Waals surface area contributed by atoms with E-state index in [0.717, 1.165) is 23.8 Å². The molecule has 2 aromatic carbocycles. The van der Waals surface area contributed by atoms with Crippen molar-refractivity contribution in [2.75, 3.05) is 13.2 Å². The molecule has 0 aliphatic carbocycles. The quantitative estimate of drug-likeness (QED) is 0.276. The Morgan fingerprint density at radius 2 is 1.90 bits per heavy atom. The van der Waals surface area contributed by atoms with Crippen LogP contribution in [0, 0.1) is 6.92 Å². The maximum Gasteiger partial charge on any atom is 0.205 e. The molecule has 0 spiro atoms. The summed E-state index contributed by atoms with van der Waals surface area (Å²) in [6.45, 7) is 4.73. The summed E-state index contributed by atoms with van der Waals surface area (Å²) in [7, 11) is 0. The first kappa shape index (κ1) is 20.7. The van der Waals surface area contributed by atoms with Crippen molar-refractivity contribution in [2.45, 2.75) is 33.2 Å². The van der Waals surface area contributed by atoms with Gasteiger partial charge >= 0.3 is 0 Å². The van der Waals surface area contributed by atoms with Gasteiger partial charge in [-0.1, -0.05) is 30.3 Å². The van der Waals surface area contributed by atoms with Crippen molar-refractivity contribution in [3.63, 3.8) is 0 Å². The van der Waals surface area contributed by atoms with E-state index in [0.29, 0.717) is 42.4 Å². The van der Waals surface area contributed by atoms with E-state index < -0.39 is 0 Å². The number of hydrogen-bond acceptors (Lipinski definition) is 6. The van der Waals surface area contributed by atoms with Crippen LogP contribution in [0.2, 0.25) is 0 Å². The molecule has 0 unspecified atom stereocenters. The zero-order valence-corrected chi connectivity index (χ0v) is 17.7. The normalized spacial score (nSPS) is 11.0. The molecule has 0 saturated heterocycles. The molecule has 31 heavy (non-hydrogen) atoms. The van der Waals surface area contributed by atoms with Gasteiger partial charge < -0.3 is 13.9 Å². The number of furan rings is 1. The highest BCUT2D eigenvalue weighted by Gasteiger charge is 2.24. The number of aromatic nitrogens is 3. The molecule has 0 N–H and O–H groups in total. The fourth-order valence-electron chi connectivity index (χ4n) is 3.68. The minimum atomic E-state index is -0.0782. The first-order valence-electron chi connectivity index (χ1n) is 10.3. The molecule has 0 aliphatic heterocycles. The van der Waals surface area contributed by atoms with Gasteiger partial charge in [-0.05, 0) is 43.9 Å². The van der Waals surface area contributed by atoms with Crippen LogP contribution in [-0.2, 0) is 13.0 Å². The molecule has 2 heterocycles. The second kappa shape index (κ2) is 9.47. The summed E-state index contributed by atoms with van der Waals surface area (Å²) >= 11 is 0. The van der Waals surface area contributed by atoms with Crippen molar-refractivity contribution >= 4 is 16.8 Å². The van der Waals surface area contributed by atoms with Gasteiger partial charge in [0.05, 0.1) is 25.0 Å². The maximum absolute atomic E-state index is 12.5. The van der Waals surface area contributed by atoms with E-state index in [-0.39, 0.29) is 5.78 Å². The summed E-state index contributed by atoms with van der Waals surface area (Å²) in [5.41, 5.74) is 3.19. The third-order valence-electron chi connectivity index (χ3n) is 5.17. The Balaban J connectivity index is 1.58. The molecular weight excluding hydrogens is 394 g/mol. The summed E-state index contributed by atoms with van der Waals surface area (Å²) in [6.07, 6.45) is 6.43. The average molecular weight is 419 g/mol. The van der Waals surface area contributed by atoms with E-state index in [1.54, 1.807) is 17.3 Å². The number of carbonyl (C=O) groups excluding carboxylic acids is 1. The largest absolute Gasteiger partial charge is 0.487 e. The lowest BCUT2D eigenvalue weighted by Crippen LogP contribution is -2.13. The van der Waals surface area contributed by atoms with E-state index in [1.807, 2.05) is 31.2 Å². The van der Waals surface area contributed by atoms with Crippen molar-refractivity contribution in [3.05, 3.63) is 72.0 Å². The highest BCUT2D eigenvalue weighted by molar-refractivity contribution is 6.05. The molecule has 0 fully saturated rings. The van der Waals surface area contributed by atoms with Crippen LogP contribution in [0.4, 0.5) is 0 Å². The summed E-state index contributed by atoms with van der Waals surface area (Å²) in [5.74, 6) is 0.820. The number of Topliss-reactive ketones (excluding diaryl/α,β-unsaturated/α-hetero) is 1. The SMILES string of the molecule is CC(=O)c1c(OCCn2cncn2)c(OCCCc2ccccc2)c2occc2c1C. The van der Waals surface area contributed by atoms with Gasteiger partial charge in [-0.2, -0.15) is 5.10 Å². The number of ketones is 1. The van der Waals surface area contributed by atoms with E-state index in [2.05, 4.69) is 22.2 Å². The van der Waals surface area contributed by atoms with Gasteiger partial charge in [0.2, 0.25) is 5.75 Å². The lowest BCUT2D eigenvalue weighted by atomic mass is 9.99. The fourth-order valence-corrected chi connectivity index (χ4v) is 3.68. The number of hydrogen-bond donors (Lipinski definition) is 0. The monoisotopic (exact) mass is 419 g/mol. The Hall–Kier alpha value is -3.61. The molecule has 4 rings (SSSR count). The Labute approximate surface area is 180 Å². The number of aryl methyl sites for hydroxylation is 2. The minimum absolute atomic E-state index is 0.0782. The molecule has 160 valence electrons. The van der Waals surface area contributed by atoms with Crippen molar-refractivity contribution < 1.29 is 18.7 Å². The molecule has 0 radical (unpaired) electrons. The lowest BCUT2D eigenvalue weighted by Gasteiger charge is -2.18. The molecule has 0 atom stereocenters. The van der Waals surface area contributed by atoms with Gasteiger partial charge in [-0.15, -0.1) is 0 Å². The van der Waals surface area contributed by atoms with E-state index in [1.165, 1.54) is 18.8 Å². The van der Waals surface area contributed by atoms with Crippen LogP contribution in [0.3, 0.4) is 0 Å². The summed E-state index contributed by atoms with van der Waals surface area (Å²) in [5, 5.41) is 4.94. The predicted octanol–water partition coefficient (Wildman–Crippen LogP) is 4.63. The summed E-state index contributed by atoms with van der Waals surface area (Å²) < 4.78 is 19.6. The molecule has 0 aliphatic rings. The Kier molecular flexibility index (Phi) is 6.31. The van der Waals surface area contributed by atoms with E-state index in [9.17, 15) is 4.79 Å². The van der Waals surface area contributed by atoms with E-state index in [4.69, 9.17) is 13.9 Å². The number of rotatable bonds is 10. The van der Waals surface area contributed by atoms with Crippen molar-refractivity contribution in [1.82, 2.24) is 14.8 Å². The van der Waals surface area contributed by atoms with E-state index >= 15 is 0 Å². The maximum atomic E-state index is 12.5. The number of ether oxygens (including phenoxy) is 2. The molecular formula is C24H25N3O4. The van der Waals surface area contributed by atoms with Gasteiger partial charge in [-0.3, -0.25) is 4.79 Å². The number of fused-ring (bicyclic) bond motifs is 1. The summed E-state index contributed by atoms with van der Waals surface area (Å²) in [6, 6.07) is 12.1. The third kappa shape index (κ3) is 4.60. The van der Waals surface area contributed by atoms with Gasteiger partial charge in [-0.25, -0.2) is 9.67 Å².